The summed E-state index contributed by atoms with van der Waals surface area (Å²) in [4.78, 5) is 0. The lowest BCUT2D eigenvalue weighted by Crippen LogP contribution is -2.40. The predicted molar refractivity (Wildman–Crippen MR) is 136 cm³/mol. The Hall–Kier alpha value is -0.579. The number of hydrogen-bond acceptors (Lipinski definition) is 1. The van der Waals surface area contributed by atoms with Crippen LogP contribution in [0.1, 0.15) is 25.8 Å². The molecule has 0 heterocycles. The molecule has 1 rings (SSSR count). The Morgan fingerprint density at radius 1 is 1.00 bits per heavy atom. The van der Waals surface area contributed by atoms with Crippen molar-refractivity contribution in [3.63, 3.8) is 0 Å². The number of benzene rings is 1. The summed E-state index contributed by atoms with van der Waals surface area (Å²) < 4.78 is 6.39. The zero-order chi connectivity index (χ0) is 21.6. The van der Waals surface area contributed by atoms with Crippen molar-refractivity contribution in [1.82, 2.24) is 0 Å². The fraction of sp³-hybridized carbons (Fsp3) is 0.565. The molecule has 0 bridgehead atoms. The molecule has 0 saturated carbocycles. The minimum atomic E-state index is -1.60. The first-order chi connectivity index (χ1) is 12.7. The molecule has 1 aromatic rings. The number of hydrogen-bond donors (Lipinski definition) is 0. The molecular weight excluding hydrogens is 412 g/mol. The van der Waals surface area contributed by atoms with E-state index in [4.69, 9.17) is 16.0 Å². The van der Waals surface area contributed by atoms with E-state index in [9.17, 15) is 0 Å². The van der Waals surface area contributed by atoms with E-state index in [1.165, 1.54) is 17.7 Å². The van der Waals surface area contributed by atoms with Gasteiger partial charge in [-0.2, -0.15) is 0 Å². The fourth-order valence-corrected chi connectivity index (χ4v) is 11.1. The molecule has 0 spiro atoms. The summed E-state index contributed by atoms with van der Waals surface area (Å²) in [5, 5.41) is 0.789. The van der Waals surface area contributed by atoms with Crippen LogP contribution in [0.5, 0.6) is 0 Å². The molecule has 1 unspecified atom stereocenters. The molecule has 0 aliphatic carbocycles. The van der Waals surface area contributed by atoms with Gasteiger partial charge in [0.25, 0.3) is 0 Å². The molecule has 5 heteroatoms. The maximum atomic E-state index is 6.39. The molecule has 0 aliphatic rings. The van der Waals surface area contributed by atoms with Crippen LogP contribution < -0.4 is 0 Å². The van der Waals surface area contributed by atoms with Gasteiger partial charge in [0.15, 0.2) is 8.32 Å². The van der Waals surface area contributed by atoms with Crippen molar-refractivity contribution in [2.45, 2.75) is 83.8 Å². The minimum Gasteiger partial charge on any atom is -0.402 e. The lowest BCUT2D eigenvalue weighted by molar-refractivity contribution is 0.138. The standard InChI is InChI=1S/C23H39ClOSi3/c1-10-23(2,25-26(3,4)5)16-18-28(8,9)20-19-27(6,7)17-15-21-11-13-22(24)14-12-21/h11-15,17H,10,19-20H2,1-9H3. The van der Waals surface area contributed by atoms with E-state index < -0.39 is 24.5 Å². The molecule has 1 aromatic carbocycles. The van der Waals surface area contributed by atoms with Crippen LogP contribution in [0.4, 0.5) is 0 Å². The third-order valence-corrected chi connectivity index (χ3v) is 11.6. The van der Waals surface area contributed by atoms with E-state index in [0.717, 1.165) is 11.4 Å². The van der Waals surface area contributed by atoms with Gasteiger partial charge in [-0.05, 0) is 56.7 Å². The second kappa shape index (κ2) is 9.95. The van der Waals surface area contributed by atoms with Crippen LogP contribution in [0, 0.1) is 11.5 Å². The molecule has 0 saturated heterocycles. The van der Waals surface area contributed by atoms with Gasteiger partial charge >= 0.3 is 0 Å². The molecule has 0 radical (unpaired) electrons. The van der Waals surface area contributed by atoms with Gasteiger partial charge in [-0.3, -0.25) is 0 Å². The van der Waals surface area contributed by atoms with Crippen molar-refractivity contribution in [1.29, 1.82) is 0 Å². The van der Waals surface area contributed by atoms with Crippen LogP contribution in [0.2, 0.25) is 62.9 Å². The van der Waals surface area contributed by atoms with Crippen molar-refractivity contribution in [2.24, 2.45) is 0 Å². The highest BCUT2D eigenvalue weighted by atomic mass is 35.5. The molecule has 1 nitrogen and oxygen atoms in total. The van der Waals surface area contributed by atoms with Gasteiger partial charge in [-0.25, -0.2) is 0 Å². The van der Waals surface area contributed by atoms with Crippen LogP contribution in [0.25, 0.3) is 6.08 Å². The second-order valence-electron chi connectivity index (χ2n) is 10.3. The largest absolute Gasteiger partial charge is 0.402 e. The van der Waals surface area contributed by atoms with E-state index in [-0.39, 0.29) is 5.60 Å². The highest BCUT2D eigenvalue weighted by Gasteiger charge is 2.30. The van der Waals surface area contributed by atoms with Crippen molar-refractivity contribution in [3.8, 4) is 11.5 Å². The molecule has 0 amide bonds. The lowest BCUT2D eigenvalue weighted by Gasteiger charge is -2.32. The maximum Gasteiger partial charge on any atom is 0.185 e. The first-order valence-corrected chi connectivity index (χ1v) is 20.6. The molecule has 0 aromatic heterocycles. The zero-order valence-corrected chi connectivity index (χ0v) is 23.1. The lowest BCUT2D eigenvalue weighted by atomic mass is 10.1. The normalized spacial score (nSPS) is 15.2. The van der Waals surface area contributed by atoms with Crippen LogP contribution in [0.3, 0.4) is 0 Å². The van der Waals surface area contributed by atoms with E-state index in [2.05, 4.69) is 95.0 Å². The Labute approximate surface area is 182 Å². The summed E-state index contributed by atoms with van der Waals surface area (Å²) in [6.45, 7) is 20.8. The van der Waals surface area contributed by atoms with Gasteiger partial charge in [0.2, 0.25) is 0 Å². The van der Waals surface area contributed by atoms with Crippen LogP contribution in [0.15, 0.2) is 30.0 Å². The Morgan fingerprint density at radius 3 is 2.07 bits per heavy atom. The van der Waals surface area contributed by atoms with Crippen LogP contribution in [-0.2, 0) is 4.43 Å². The highest BCUT2D eigenvalue weighted by molar-refractivity contribution is 6.89. The molecule has 0 fully saturated rings. The summed E-state index contributed by atoms with van der Waals surface area (Å²) in [5.74, 6) is 3.55. The molecular formula is C23H39ClOSi3. The van der Waals surface area contributed by atoms with Gasteiger partial charge in [-0.1, -0.05) is 80.6 Å². The summed E-state index contributed by atoms with van der Waals surface area (Å²) in [6.07, 6.45) is 3.21. The smallest absolute Gasteiger partial charge is 0.185 e. The van der Waals surface area contributed by atoms with Crippen molar-refractivity contribution in [2.75, 3.05) is 0 Å². The molecule has 28 heavy (non-hydrogen) atoms. The number of halogens is 1. The highest BCUT2D eigenvalue weighted by Crippen LogP contribution is 2.24. The van der Waals surface area contributed by atoms with Gasteiger partial charge in [0.1, 0.15) is 13.7 Å². The second-order valence-corrected chi connectivity index (χ2v) is 24.5. The first kappa shape index (κ1) is 25.5. The van der Waals surface area contributed by atoms with E-state index in [1.807, 2.05) is 12.1 Å². The predicted octanol–water partition coefficient (Wildman–Crippen LogP) is 7.87. The van der Waals surface area contributed by atoms with Crippen LogP contribution >= 0.6 is 11.6 Å². The summed E-state index contributed by atoms with van der Waals surface area (Å²) in [7, 11) is -4.58. The van der Waals surface area contributed by atoms with Gasteiger partial charge in [0, 0.05) is 5.02 Å². The monoisotopic (exact) mass is 450 g/mol. The average molecular weight is 451 g/mol. The maximum absolute atomic E-state index is 6.39. The average Bonchev–Trinajstić information content (AvgIpc) is 2.57. The van der Waals surface area contributed by atoms with Gasteiger partial charge in [-0.15, -0.1) is 5.54 Å². The van der Waals surface area contributed by atoms with Crippen molar-refractivity contribution in [3.05, 3.63) is 40.6 Å². The summed E-state index contributed by atoms with van der Waals surface area (Å²) in [5.41, 5.74) is 7.08. The quantitative estimate of drug-likeness (QED) is 0.289. The molecule has 0 N–H and O–H groups in total. The molecule has 0 aliphatic heterocycles. The van der Waals surface area contributed by atoms with Crippen molar-refractivity contribution >= 4 is 42.1 Å². The zero-order valence-electron chi connectivity index (χ0n) is 19.4. The summed E-state index contributed by atoms with van der Waals surface area (Å²) in [6, 6.07) is 10.6. The Kier molecular flexibility index (Phi) is 9.05. The SMILES string of the molecule is CCC(C)(C#C[Si](C)(C)CC[Si](C)(C)C=Cc1ccc(Cl)cc1)O[Si](C)(C)C. The van der Waals surface area contributed by atoms with Gasteiger partial charge in [0.05, 0.1) is 8.07 Å². The van der Waals surface area contributed by atoms with Crippen molar-refractivity contribution < 1.29 is 4.43 Å². The van der Waals surface area contributed by atoms with Crippen LogP contribution in [-0.4, -0.2) is 30.1 Å². The Morgan fingerprint density at radius 2 is 1.57 bits per heavy atom. The minimum absolute atomic E-state index is 0.295. The topological polar surface area (TPSA) is 9.23 Å². The Bertz CT molecular complexity index is 721. The number of rotatable bonds is 8. The molecule has 156 valence electrons. The van der Waals surface area contributed by atoms with E-state index in [1.54, 1.807) is 0 Å². The fourth-order valence-electron chi connectivity index (χ4n) is 2.84. The molecule has 1 atom stereocenters. The first-order valence-electron chi connectivity index (χ1n) is 10.3. The third-order valence-electron chi connectivity index (χ3n) is 4.86. The summed E-state index contributed by atoms with van der Waals surface area (Å²) >= 11 is 5.98. The van der Waals surface area contributed by atoms with E-state index >= 15 is 0 Å². The van der Waals surface area contributed by atoms with E-state index in [0.29, 0.717) is 0 Å². The Balaban J connectivity index is 2.77. The van der Waals surface area contributed by atoms with Gasteiger partial charge < -0.3 is 4.43 Å². The third kappa shape index (κ3) is 10.3.